The zero-order valence-electron chi connectivity index (χ0n) is 13.8. The van der Waals surface area contributed by atoms with E-state index in [1.54, 1.807) is 20.8 Å². The molecule has 0 amide bonds. The van der Waals surface area contributed by atoms with Crippen molar-refractivity contribution in [2.24, 2.45) is 10.8 Å². The van der Waals surface area contributed by atoms with Gasteiger partial charge < -0.3 is 4.74 Å². The van der Waals surface area contributed by atoms with Crippen molar-refractivity contribution in [3.63, 3.8) is 0 Å². The number of sulfone groups is 1. The Hall–Kier alpha value is -0.580. The van der Waals surface area contributed by atoms with Gasteiger partial charge >= 0.3 is 5.97 Å². The van der Waals surface area contributed by atoms with Crippen molar-refractivity contribution in [3.8, 4) is 0 Å². The van der Waals surface area contributed by atoms with Gasteiger partial charge in [-0.15, -0.1) is 0 Å². The van der Waals surface area contributed by atoms with Gasteiger partial charge in [-0.2, -0.15) is 0 Å². The van der Waals surface area contributed by atoms with E-state index >= 15 is 0 Å². The molecule has 120 valence electrons. The van der Waals surface area contributed by atoms with E-state index in [-0.39, 0.29) is 29.5 Å². The zero-order chi connectivity index (χ0) is 16.0. The maximum Gasteiger partial charge on any atom is 0.311 e. The maximum absolute atomic E-state index is 11.8. The summed E-state index contributed by atoms with van der Waals surface area (Å²) in [7, 11) is -3.03. The molecule has 4 nitrogen and oxygen atoms in total. The molecule has 0 aliphatic heterocycles. The summed E-state index contributed by atoms with van der Waals surface area (Å²) in [5.74, 6) is 0.0223. The Bertz CT molecular complexity index is 397. The van der Waals surface area contributed by atoms with Gasteiger partial charge in [0.1, 0.15) is 9.84 Å². The van der Waals surface area contributed by atoms with Crippen LogP contribution in [0, 0.1) is 10.8 Å². The van der Waals surface area contributed by atoms with Crippen molar-refractivity contribution >= 4 is 15.8 Å². The Morgan fingerprint density at radius 3 is 1.90 bits per heavy atom. The fourth-order valence-corrected chi connectivity index (χ4v) is 2.93. The van der Waals surface area contributed by atoms with Crippen LogP contribution in [0.15, 0.2) is 0 Å². The molecule has 0 heterocycles. The average molecular weight is 306 g/mol. The number of carbonyl (C=O) groups excluding carboxylic acids is 1. The van der Waals surface area contributed by atoms with Crippen LogP contribution in [0.1, 0.15) is 60.8 Å². The lowest BCUT2D eigenvalue weighted by atomic mass is 9.91. The van der Waals surface area contributed by atoms with Gasteiger partial charge in [-0.05, 0) is 45.4 Å². The Kier molecular flexibility index (Phi) is 7.22. The van der Waals surface area contributed by atoms with Crippen molar-refractivity contribution in [3.05, 3.63) is 0 Å². The summed E-state index contributed by atoms with van der Waals surface area (Å²) in [6, 6.07) is 0. The van der Waals surface area contributed by atoms with E-state index in [0.29, 0.717) is 12.8 Å². The second-order valence-electron chi connectivity index (χ2n) is 7.56. The molecule has 0 aliphatic carbocycles. The molecule has 0 spiro atoms. The molecule has 20 heavy (non-hydrogen) atoms. The summed E-state index contributed by atoms with van der Waals surface area (Å²) in [4.78, 5) is 11.5. The van der Waals surface area contributed by atoms with Gasteiger partial charge in [0.2, 0.25) is 0 Å². The van der Waals surface area contributed by atoms with Gasteiger partial charge in [0, 0.05) is 0 Å². The van der Waals surface area contributed by atoms with Crippen LogP contribution in [0.5, 0.6) is 0 Å². The minimum atomic E-state index is -3.03. The first-order valence-electron chi connectivity index (χ1n) is 7.21. The summed E-state index contributed by atoms with van der Waals surface area (Å²) in [5.41, 5.74) is -0.372. The molecule has 0 saturated carbocycles. The molecular weight excluding hydrogens is 276 g/mol. The number of ether oxygens (including phenoxy) is 1. The maximum atomic E-state index is 11.8. The average Bonchev–Trinajstić information content (AvgIpc) is 2.20. The molecule has 0 fully saturated rings. The molecule has 0 atom stereocenters. The van der Waals surface area contributed by atoms with E-state index in [4.69, 9.17) is 4.74 Å². The summed E-state index contributed by atoms with van der Waals surface area (Å²) in [6.45, 7) is 11.8. The molecule has 0 aromatic carbocycles. The Labute approximate surface area is 124 Å². The highest BCUT2D eigenvalue weighted by Crippen LogP contribution is 2.21. The van der Waals surface area contributed by atoms with E-state index in [1.165, 1.54) is 0 Å². The molecular formula is C15H30O4S. The highest BCUT2D eigenvalue weighted by molar-refractivity contribution is 7.91. The lowest BCUT2D eigenvalue weighted by molar-refractivity contribution is -0.152. The van der Waals surface area contributed by atoms with E-state index in [2.05, 4.69) is 20.8 Å². The number of hydrogen-bond donors (Lipinski definition) is 0. The van der Waals surface area contributed by atoms with Gasteiger partial charge in [0.25, 0.3) is 0 Å². The highest BCUT2D eigenvalue weighted by Gasteiger charge is 2.23. The van der Waals surface area contributed by atoms with Crippen molar-refractivity contribution in [2.75, 3.05) is 18.1 Å². The zero-order valence-corrected chi connectivity index (χ0v) is 14.6. The fraction of sp³-hybridized carbons (Fsp3) is 0.933. The van der Waals surface area contributed by atoms with Gasteiger partial charge in [0.15, 0.2) is 0 Å². The fourth-order valence-electron chi connectivity index (χ4n) is 1.58. The van der Waals surface area contributed by atoms with E-state index in [0.717, 1.165) is 6.42 Å². The molecule has 0 aromatic heterocycles. The largest absolute Gasteiger partial charge is 0.465 e. The van der Waals surface area contributed by atoms with Crippen LogP contribution in [0.3, 0.4) is 0 Å². The lowest BCUT2D eigenvalue weighted by Crippen LogP contribution is -2.24. The van der Waals surface area contributed by atoms with Gasteiger partial charge in [0.05, 0.1) is 23.5 Å². The normalized spacial score (nSPS) is 13.3. The molecule has 0 unspecified atom stereocenters. The van der Waals surface area contributed by atoms with Crippen molar-refractivity contribution in [1.29, 1.82) is 0 Å². The third-order valence-electron chi connectivity index (χ3n) is 2.83. The second kappa shape index (κ2) is 7.43. The first-order valence-corrected chi connectivity index (χ1v) is 9.03. The third kappa shape index (κ3) is 10.2. The van der Waals surface area contributed by atoms with Crippen LogP contribution < -0.4 is 0 Å². The minimum Gasteiger partial charge on any atom is -0.465 e. The second-order valence-corrected chi connectivity index (χ2v) is 9.86. The summed E-state index contributed by atoms with van der Waals surface area (Å²) in [6.07, 6.45) is 1.96. The number of carbonyl (C=O) groups is 1. The van der Waals surface area contributed by atoms with Crippen LogP contribution >= 0.6 is 0 Å². The molecule has 0 bridgehead atoms. The number of hydrogen-bond acceptors (Lipinski definition) is 4. The van der Waals surface area contributed by atoms with Crippen LogP contribution in [-0.2, 0) is 19.4 Å². The number of rotatable bonds is 7. The Morgan fingerprint density at radius 2 is 1.45 bits per heavy atom. The van der Waals surface area contributed by atoms with Crippen LogP contribution in [-0.4, -0.2) is 32.5 Å². The summed E-state index contributed by atoms with van der Waals surface area (Å²) >= 11 is 0. The van der Waals surface area contributed by atoms with E-state index < -0.39 is 15.3 Å². The van der Waals surface area contributed by atoms with Crippen molar-refractivity contribution in [1.82, 2.24) is 0 Å². The van der Waals surface area contributed by atoms with Crippen LogP contribution in [0.25, 0.3) is 0 Å². The molecule has 0 N–H and O–H groups in total. The first-order chi connectivity index (χ1) is 8.83. The van der Waals surface area contributed by atoms with Gasteiger partial charge in [-0.1, -0.05) is 20.8 Å². The smallest absolute Gasteiger partial charge is 0.311 e. The Balaban J connectivity index is 3.92. The van der Waals surface area contributed by atoms with Crippen LogP contribution in [0.4, 0.5) is 0 Å². The monoisotopic (exact) mass is 306 g/mol. The summed E-state index contributed by atoms with van der Waals surface area (Å²) < 4.78 is 28.7. The lowest BCUT2D eigenvalue weighted by Gasteiger charge is -2.18. The standard InChI is InChI=1S/C15H30O4S/c1-14(2,3)9-7-11-20(17,18)12-8-10-19-13(16)15(4,5)6/h7-12H2,1-6H3. The first kappa shape index (κ1) is 19.4. The number of esters is 1. The van der Waals surface area contributed by atoms with Crippen LogP contribution in [0.2, 0.25) is 0 Å². The Morgan fingerprint density at radius 1 is 0.950 bits per heavy atom. The van der Waals surface area contributed by atoms with Gasteiger partial charge in [-0.3, -0.25) is 4.79 Å². The van der Waals surface area contributed by atoms with E-state index in [1.807, 2.05) is 0 Å². The van der Waals surface area contributed by atoms with Crippen molar-refractivity contribution in [2.45, 2.75) is 60.8 Å². The predicted octanol–water partition coefficient (Wildman–Crippen LogP) is 3.21. The molecule has 0 rings (SSSR count). The molecule has 5 heteroatoms. The SMILES string of the molecule is CC(C)(C)CCCS(=O)(=O)CCCOC(=O)C(C)(C)C. The molecule has 0 saturated heterocycles. The minimum absolute atomic E-state index is 0.0918. The summed E-state index contributed by atoms with van der Waals surface area (Å²) in [5, 5.41) is 0. The highest BCUT2D eigenvalue weighted by atomic mass is 32.2. The molecule has 0 aromatic rings. The quantitative estimate of drug-likeness (QED) is 0.535. The van der Waals surface area contributed by atoms with E-state index in [9.17, 15) is 13.2 Å². The predicted molar refractivity (Wildman–Crippen MR) is 82.4 cm³/mol. The van der Waals surface area contributed by atoms with Gasteiger partial charge in [-0.25, -0.2) is 8.42 Å². The molecule has 0 radical (unpaired) electrons. The molecule has 0 aliphatic rings. The third-order valence-corrected chi connectivity index (χ3v) is 4.65. The van der Waals surface area contributed by atoms with Crippen molar-refractivity contribution < 1.29 is 17.9 Å². The topological polar surface area (TPSA) is 60.4 Å².